The fourth-order valence-corrected chi connectivity index (χ4v) is 3.36. The Bertz CT molecular complexity index is 578. The normalized spacial score (nSPS) is 24.5. The van der Waals surface area contributed by atoms with Gasteiger partial charge in [-0.2, -0.15) is 0 Å². The second-order valence-electron chi connectivity index (χ2n) is 6.55. The van der Waals surface area contributed by atoms with Crippen LogP contribution < -0.4 is 5.32 Å². The van der Waals surface area contributed by atoms with Gasteiger partial charge in [-0.3, -0.25) is 4.79 Å². The summed E-state index contributed by atoms with van der Waals surface area (Å²) in [5.41, 5.74) is 0.776. The number of benzene rings is 1. The standard InChI is InChI=1S/C18H25N3O3/c1-14-12-20(10-11-24-14)17(22)15-6-5-9-21(13-15)18(23)19-16-7-3-2-4-8-16/h2-4,7-8,14-15H,5-6,9-13H2,1H3,(H,19,23). The molecule has 1 aromatic carbocycles. The Kier molecular flexibility index (Phi) is 5.35. The third kappa shape index (κ3) is 4.06. The van der Waals surface area contributed by atoms with Gasteiger partial charge < -0.3 is 19.9 Å². The monoisotopic (exact) mass is 331 g/mol. The summed E-state index contributed by atoms with van der Waals surface area (Å²) in [6.45, 7) is 5.06. The van der Waals surface area contributed by atoms with Gasteiger partial charge in [0.2, 0.25) is 5.91 Å². The van der Waals surface area contributed by atoms with E-state index >= 15 is 0 Å². The highest BCUT2D eigenvalue weighted by molar-refractivity contribution is 5.90. The number of amides is 3. The second kappa shape index (κ2) is 7.66. The number of morpholine rings is 1. The fourth-order valence-electron chi connectivity index (χ4n) is 3.36. The first-order chi connectivity index (χ1) is 11.6. The molecule has 0 spiro atoms. The van der Waals surface area contributed by atoms with Crippen molar-refractivity contribution in [1.29, 1.82) is 0 Å². The predicted octanol–water partition coefficient (Wildman–Crippen LogP) is 2.18. The molecule has 2 saturated heterocycles. The minimum absolute atomic E-state index is 0.0868. The van der Waals surface area contributed by atoms with Crippen LogP contribution >= 0.6 is 0 Å². The second-order valence-corrected chi connectivity index (χ2v) is 6.55. The molecule has 2 atom stereocenters. The molecule has 0 saturated carbocycles. The summed E-state index contributed by atoms with van der Waals surface area (Å²) in [7, 11) is 0. The molecule has 1 aromatic rings. The van der Waals surface area contributed by atoms with Crippen molar-refractivity contribution in [3.8, 4) is 0 Å². The lowest BCUT2D eigenvalue weighted by Gasteiger charge is -2.37. The molecule has 2 heterocycles. The zero-order valence-electron chi connectivity index (χ0n) is 14.1. The lowest BCUT2D eigenvalue weighted by Crippen LogP contribution is -2.51. The Hall–Kier alpha value is -2.08. The van der Waals surface area contributed by atoms with Gasteiger partial charge in [-0.15, -0.1) is 0 Å². The number of likely N-dealkylation sites (tertiary alicyclic amines) is 1. The highest BCUT2D eigenvalue weighted by Gasteiger charge is 2.32. The lowest BCUT2D eigenvalue weighted by molar-refractivity contribution is -0.143. The molecule has 1 N–H and O–H groups in total. The van der Waals surface area contributed by atoms with Crippen LogP contribution in [0, 0.1) is 5.92 Å². The number of para-hydroxylation sites is 1. The zero-order valence-corrected chi connectivity index (χ0v) is 14.1. The average molecular weight is 331 g/mol. The molecule has 2 fully saturated rings. The topological polar surface area (TPSA) is 61.9 Å². The zero-order chi connectivity index (χ0) is 16.9. The average Bonchev–Trinajstić information content (AvgIpc) is 2.62. The van der Waals surface area contributed by atoms with Crippen molar-refractivity contribution in [2.75, 3.05) is 38.1 Å². The molecule has 6 heteroatoms. The first-order valence-corrected chi connectivity index (χ1v) is 8.65. The van der Waals surface area contributed by atoms with E-state index in [1.54, 1.807) is 4.90 Å². The van der Waals surface area contributed by atoms with Crippen LogP contribution in [0.4, 0.5) is 10.5 Å². The van der Waals surface area contributed by atoms with Crippen molar-refractivity contribution < 1.29 is 14.3 Å². The quantitative estimate of drug-likeness (QED) is 0.903. The van der Waals surface area contributed by atoms with Crippen LogP contribution in [0.25, 0.3) is 0 Å². The van der Waals surface area contributed by atoms with E-state index in [4.69, 9.17) is 4.74 Å². The summed E-state index contributed by atoms with van der Waals surface area (Å²) in [5, 5.41) is 2.90. The van der Waals surface area contributed by atoms with Crippen LogP contribution in [-0.4, -0.2) is 60.6 Å². The molecule has 0 radical (unpaired) electrons. The molecule has 0 aromatic heterocycles. The Morgan fingerprint density at radius 2 is 1.92 bits per heavy atom. The smallest absolute Gasteiger partial charge is 0.321 e. The first kappa shape index (κ1) is 16.8. The van der Waals surface area contributed by atoms with Gasteiger partial charge in [0.05, 0.1) is 18.6 Å². The van der Waals surface area contributed by atoms with E-state index in [9.17, 15) is 9.59 Å². The third-order valence-electron chi connectivity index (χ3n) is 4.64. The molecule has 3 rings (SSSR count). The summed E-state index contributed by atoms with van der Waals surface area (Å²) in [4.78, 5) is 28.8. The molecule has 2 aliphatic heterocycles. The summed E-state index contributed by atoms with van der Waals surface area (Å²) in [6.07, 6.45) is 1.79. The van der Waals surface area contributed by atoms with Crippen LogP contribution in [0.3, 0.4) is 0 Å². The number of piperidine rings is 1. The Balaban J connectivity index is 1.57. The summed E-state index contributed by atoms with van der Waals surface area (Å²) < 4.78 is 5.50. The van der Waals surface area contributed by atoms with Crippen molar-refractivity contribution in [3.63, 3.8) is 0 Å². The van der Waals surface area contributed by atoms with Crippen LogP contribution in [0.1, 0.15) is 19.8 Å². The van der Waals surface area contributed by atoms with Crippen molar-refractivity contribution in [1.82, 2.24) is 9.80 Å². The molecule has 2 aliphatic rings. The molecule has 24 heavy (non-hydrogen) atoms. The van der Waals surface area contributed by atoms with Crippen LogP contribution in [0.15, 0.2) is 30.3 Å². The van der Waals surface area contributed by atoms with Gasteiger partial charge in [0.15, 0.2) is 0 Å². The number of carbonyl (C=O) groups is 2. The van der Waals surface area contributed by atoms with Gasteiger partial charge in [-0.1, -0.05) is 18.2 Å². The molecular weight excluding hydrogens is 306 g/mol. The number of hydrogen-bond acceptors (Lipinski definition) is 3. The number of hydrogen-bond donors (Lipinski definition) is 1. The Morgan fingerprint density at radius 3 is 2.67 bits per heavy atom. The fraction of sp³-hybridized carbons (Fsp3) is 0.556. The highest BCUT2D eigenvalue weighted by atomic mass is 16.5. The minimum atomic E-state index is -0.131. The summed E-state index contributed by atoms with van der Waals surface area (Å²) >= 11 is 0. The number of urea groups is 1. The Morgan fingerprint density at radius 1 is 1.12 bits per heavy atom. The van der Waals surface area contributed by atoms with Crippen molar-refractivity contribution in [2.24, 2.45) is 5.92 Å². The van der Waals surface area contributed by atoms with E-state index < -0.39 is 0 Å². The van der Waals surface area contributed by atoms with Gasteiger partial charge in [-0.25, -0.2) is 4.79 Å². The SMILES string of the molecule is CC1CN(C(=O)C2CCCN(C(=O)Nc3ccccc3)C2)CCO1. The largest absolute Gasteiger partial charge is 0.375 e. The van der Waals surface area contributed by atoms with E-state index in [1.807, 2.05) is 42.2 Å². The van der Waals surface area contributed by atoms with Crippen LogP contribution in [0.5, 0.6) is 0 Å². The van der Waals surface area contributed by atoms with Crippen molar-refractivity contribution in [3.05, 3.63) is 30.3 Å². The first-order valence-electron chi connectivity index (χ1n) is 8.65. The van der Waals surface area contributed by atoms with E-state index in [2.05, 4.69) is 5.32 Å². The molecule has 0 bridgehead atoms. The van der Waals surface area contributed by atoms with Crippen molar-refractivity contribution in [2.45, 2.75) is 25.9 Å². The summed E-state index contributed by atoms with van der Waals surface area (Å²) in [5.74, 6) is 0.0490. The summed E-state index contributed by atoms with van der Waals surface area (Å²) in [6, 6.07) is 9.28. The maximum Gasteiger partial charge on any atom is 0.321 e. The van der Waals surface area contributed by atoms with E-state index in [0.29, 0.717) is 32.8 Å². The number of rotatable bonds is 2. The van der Waals surface area contributed by atoms with Gasteiger partial charge in [0.25, 0.3) is 0 Å². The number of nitrogens with zero attached hydrogens (tertiary/aromatic N) is 2. The molecule has 2 unspecified atom stereocenters. The number of anilines is 1. The van der Waals surface area contributed by atoms with Crippen LogP contribution in [-0.2, 0) is 9.53 Å². The maximum atomic E-state index is 12.7. The highest BCUT2D eigenvalue weighted by Crippen LogP contribution is 2.21. The Labute approximate surface area is 142 Å². The van der Waals surface area contributed by atoms with E-state index in [0.717, 1.165) is 18.5 Å². The lowest BCUT2D eigenvalue weighted by atomic mass is 9.96. The van der Waals surface area contributed by atoms with E-state index in [-0.39, 0.29) is 24.0 Å². The molecule has 130 valence electrons. The predicted molar refractivity (Wildman–Crippen MR) is 91.8 cm³/mol. The molecular formula is C18H25N3O3. The van der Waals surface area contributed by atoms with Crippen molar-refractivity contribution >= 4 is 17.6 Å². The maximum absolute atomic E-state index is 12.7. The number of ether oxygens (including phenoxy) is 1. The van der Waals surface area contributed by atoms with Crippen LogP contribution in [0.2, 0.25) is 0 Å². The van der Waals surface area contributed by atoms with Gasteiger partial charge in [-0.05, 0) is 31.9 Å². The van der Waals surface area contributed by atoms with Gasteiger partial charge >= 0.3 is 6.03 Å². The number of carbonyl (C=O) groups excluding carboxylic acids is 2. The third-order valence-corrected chi connectivity index (χ3v) is 4.64. The van der Waals surface area contributed by atoms with E-state index in [1.165, 1.54) is 0 Å². The van der Waals surface area contributed by atoms with Gasteiger partial charge in [0.1, 0.15) is 0 Å². The molecule has 0 aliphatic carbocycles. The molecule has 3 amide bonds. The minimum Gasteiger partial charge on any atom is -0.375 e. The number of nitrogens with one attached hydrogen (secondary N) is 1. The van der Waals surface area contributed by atoms with Gasteiger partial charge in [0, 0.05) is 31.9 Å². The molecule has 6 nitrogen and oxygen atoms in total.